The Labute approximate surface area is 176 Å². The Bertz CT molecular complexity index is 1110. The second kappa shape index (κ2) is 8.23. The van der Waals surface area contributed by atoms with E-state index in [4.69, 9.17) is 16.3 Å². The predicted octanol–water partition coefficient (Wildman–Crippen LogP) is 3.30. The van der Waals surface area contributed by atoms with Gasteiger partial charge in [-0.3, -0.25) is 14.9 Å². The summed E-state index contributed by atoms with van der Waals surface area (Å²) < 4.78 is 4.95. The molecule has 1 aliphatic heterocycles. The molecule has 0 bridgehead atoms. The quantitative estimate of drug-likeness (QED) is 0.235. The smallest absolute Gasteiger partial charge is 0.345 e. The largest absolute Gasteiger partial charge is 0.453 e. The van der Waals surface area contributed by atoms with Crippen molar-refractivity contribution in [2.45, 2.75) is 0 Å². The van der Waals surface area contributed by atoms with Gasteiger partial charge in [0.05, 0.1) is 16.3 Å². The summed E-state index contributed by atoms with van der Waals surface area (Å²) in [4.78, 5) is 38.7. The molecule has 30 heavy (non-hydrogen) atoms. The second-order valence-corrected chi connectivity index (χ2v) is 6.77. The van der Waals surface area contributed by atoms with E-state index in [0.717, 1.165) is 23.5 Å². The van der Waals surface area contributed by atoms with Crippen LogP contribution in [-0.2, 0) is 9.53 Å². The van der Waals surface area contributed by atoms with Gasteiger partial charge in [-0.1, -0.05) is 23.7 Å². The lowest BCUT2D eigenvalue weighted by Gasteiger charge is -2.19. The summed E-state index contributed by atoms with van der Waals surface area (Å²) in [6.07, 6.45) is 0. The van der Waals surface area contributed by atoms with Crippen LogP contribution < -0.4 is 9.80 Å². The van der Waals surface area contributed by atoms with Gasteiger partial charge in [0.1, 0.15) is 23.0 Å². The van der Waals surface area contributed by atoms with Crippen LogP contribution in [0.5, 0.6) is 0 Å². The molecule has 0 saturated heterocycles. The molecule has 3 rings (SSSR count). The van der Waals surface area contributed by atoms with Gasteiger partial charge in [-0.05, 0) is 24.3 Å². The number of nitrogens with zero attached hydrogens (tertiary/aromatic N) is 4. The summed E-state index contributed by atoms with van der Waals surface area (Å²) in [5, 5.41) is 20.8. The molecule has 0 spiro atoms. The highest BCUT2D eigenvalue weighted by molar-refractivity contribution is 6.31. The van der Waals surface area contributed by atoms with Crippen molar-refractivity contribution in [1.29, 1.82) is 5.26 Å². The third kappa shape index (κ3) is 3.68. The number of carbonyl (C=O) groups is 2. The summed E-state index contributed by atoms with van der Waals surface area (Å²) in [7, 11) is 3.43. The Morgan fingerprint density at radius 1 is 1.17 bits per heavy atom. The first-order chi connectivity index (χ1) is 14.3. The fourth-order valence-corrected chi connectivity index (χ4v) is 3.33. The van der Waals surface area contributed by atoms with Crippen LogP contribution >= 0.6 is 11.6 Å². The average molecular weight is 427 g/mol. The first kappa shape index (κ1) is 20.8. The molecule has 2 aromatic rings. The Morgan fingerprint density at radius 3 is 2.30 bits per heavy atom. The lowest BCUT2D eigenvalue weighted by molar-refractivity contribution is -0.385. The van der Waals surface area contributed by atoms with Gasteiger partial charge in [0.2, 0.25) is 5.78 Å². The van der Waals surface area contributed by atoms with Crippen molar-refractivity contribution >= 4 is 40.4 Å². The zero-order valence-corrected chi connectivity index (χ0v) is 16.7. The maximum Gasteiger partial charge on any atom is 0.345 e. The molecule has 0 saturated carbocycles. The normalized spacial score (nSPS) is 12.3. The minimum absolute atomic E-state index is 0.0812. The number of esters is 1. The number of nitro groups is 1. The number of anilines is 2. The molecular weight excluding hydrogens is 412 g/mol. The van der Waals surface area contributed by atoms with Crippen molar-refractivity contribution in [1.82, 2.24) is 0 Å². The van der Waals surface area contributed by atoms with Crippen LogP contribution in [0.1, 0.15) is 10.4 Å². The number of nitro benzene ring substituents is 1. The molecule has 152 valence electrons. The Balaban J connectivity index is 1.83. The summed E-state index contributed by atoms with van der Waals surface area (Å²) in [5.74, 6) is -1.45. The number of benzene rings is 2. The highest BCUT2D eigenvalue weighted by Gasteiger charge is 2.32. The SMILES string of the molecule is CN1C(=C(C#N)C(=O)COC(=O)c2ccc(Cl)cc2[N+](=O)[O-])N(C)c2ccccc21. The van der Waals surface area contributed by atoms with E-state index in [1.54, 1.807) is 23.9 Å². The molecule has 2 aromatic carbocycles. The summed E-state index contributed by atoms with van der Waals surface area (Å²) >= 11 is 5.73. The molecule has 0 aliphatic carbocycles. The van der Waals surface area contributed by atoms with Gasteiger partial charge in [0, 0.05) is 25.2 Å². The first-order valence-corrected chi connectivity index (χ1v) is 8.99. The van der Waals surface area contributed by atoms with Crippen molar-refractivity contribution < 1.29 is 19.2 Å². The molecule has 0 aromatic heterocycles. The lowest BCUT2D eigenvalue weighted by Crippen LogP contribution is -2.28. The predicted molar refractivity (Wildman–Crippen MR) is 109 cm³/mol. The highest BCUT2D eigenvalue weighted by atomic mass is 35.5. The summed E-state index contributed by atoms with van der Waals surface area (Å²) in [6, 6.07) is 12.7. The molecule has 1 heterocycles. The van der Waals surface area contributed by atoms with Crippen LogP contribution in [0.15, 0.2) is 53.9 Å². The standard InChI is InChI=1S/C20H15ClN4O5/c1-23-15-5-3-4-6-16(15)24(2)19(23)14(10-22)18(26)11-30-20(27)13-8-7-12(21)9-17(13)25(28)29/h3-9H,11H2,1-2H3. The van der Waals surface area contributed by atoms with Gasteiger partial charge in [0.25, 0.3) is 5.69 Å². The molecular formula is C20H15ClN4O5. The zero-order valence-electron chi connectivity index (χ0n) is 16.0. The van der Waals surface area contributed by atoms with Crippen LogP contribution in [0, 0.1) is 21.4 Å². The maximum absolute atomic E-state index is 12.6. The number of nitriles is 1. The molecule has 10 heteroatoms. The van der Waals surface area contributed by atoms with E-state index < -0.39 is 29.0 Å². The van der Waals surface area contributed by atoms with Crippen LogP contribution in [0.25, 0.3) is 0 Å². The fraction of sp³-hybridized carbons (Fsp3) is 0.150. The minimum atomic E-state index is -1.06. The van der Waals surface area contributed by atoms with E-state index in [1.165, 1.54) is 6.07 Å². The highest BCUT2D eigenvalue weighted by Crippen LogP contribution is 2.40. The fourth-order valence-electron chi connectivity index (χ4n) is 3.17. The average Bonchev–Trinajstić information content (AvgIpc) is 2.98. The van der Waals surface area contributed by atoms with E-state index in [1.807, 2.05) is 30.3 Å². The van der Waals surface area contributed by atoms with E-state index in [-0.39, 0.29) is 16.2 Å². The van der Waals surface area contributed by atoms with E-state index in [0.29, 0.717) is 5.82 Å². The Kier molecular flexibility index (Phi) is 5.71. The second-order valence-electron chi connectivity index (χ2n) is 6.34. The molecule has 0 fully saturated rings. The molecule has 9 nitrogen and oxygen atoms in total. The minimum Gasteiger partial charge on any atom is -0.453 e. The number of ether oxygens (including phenoxy) is 1. The topological polar surface area (TPSA) is 117 Å². The molecule has 0 N–H and O–H groups in total. The molecule has 0 unspecified atom stereocenters. The summed E-state index contributed by atoms with van der Waals surface area (Å²) in [5.41, 5.74) is 0.540. The van der Waals surface area contributed by atoms with E-state index in [2.05, 4.69) is 0 Å². The third-order valence-corrected chi connectivity index (χ3v) is 4.80. The first-order valence-electron chi connectivity index (χ1n) is 8.61. The van der Waals surface area contributed by atoms with Gasteiger partial charge in [-0.25, -0.2) is 4.79 Å². The number of halogens is 1. The molecule has 0 radical (unpaired) electrons. The number of hydrogen-bond acceptors (Lipinski definition) is 8. The van der Waals surface area contributed by atoms with Gasteiger partial charge >= 0.3 is 5.97 Å². The third-order valence-electron chi connectivity index (χ3n) is 4.56. The number of para-hydroxylation sites is 2. The lowest BCUT2D eigenvalue weighted by atomic mass is 10.1. The Hall–Kier alpha value is -3.90. The van der Waals surface area contributed by atoms with Crippen molar-refractivity contribution in [2.24, 2.45) is 0 Å². The number of rotatable bonds is 5. The monoisotopic (exact) mass is 426 g/mol. The van der Waals surface area contributed by atoms with Crippen LogP contribution in [0.3, 0.4) is 0 Å². The maximum atomic E-state index is 12.6. The van der Waals surface area contributed by atoms with E-state index in [9.17, 15) is 25.0 Å². The van der Waals surface area contributed by atoms with E-state index >= 15 is 0 Å². The molecule has 0 atom stereocenters. The summed E-state index contributed by atoms with van der Waals surface area (Å²) in [6.45, 7) is -0.747. The van der Waals surface area contributed by atoms with Gasteiger partial charge in [-0.2, -0.15) is 5.26 Å². The molecule has 0 amide bonds. The van der Waals surface area contributed by atoms with Gasteiger partial charge in [0.15, 0.2) is 6.61 Å². The van der Waals surface area contributed by atoms with Crippen molar-refractivity contribution in [2.75, 3.05) is 30.5 Å². The number of carbonyl (C=O) groups excluding carboxylic acids is 2. The van der Waals surface area contributed by atoms with Gasteiger partial charge < -0.3 is 14.5 Å². The number of fused-ring (bicyclic) bond motifs is 1. The van der Waals surface area contributed by atoms with Gasteiger partial charge in [-0.15, -0.1) is 0 Å². The van der Waals surface area contributed by atoms with Crippen LogP contribution in [0.4, 0.5) is 17.1 Å². The molecule has 1 aliphatic rings. The van der Waals surface area contributed by atoms with Crippen LogP contribution in [-0.4, -0.2) is 37.4 Å². The number of Topliss-reactive ketones (excluding diaryl/α,β-unsaturated/α-hetero) is 1. The number of hydrogen-bond donors (Lipinski definition) is 0. The van der Waals surface area contributed by atoms with Crippen molar-refractivity contribution in [3.8, 4) is 6.07 Å². The number of ketones is 1. The van der Waals surface area contributed by atoms with Crippen molar-refractivity contribution in [3.63, 3.8) is 0 Å². The Morgan fingerprint density at radius 2 is 1.77 bits per heavy atom. The zero-order chi connectivity index (χ0) is 22.0. The van der Waals surface area contributed by atoms with Crippen molar-refractivity contribution in [3.05, 3.63) is 74.6 Å². The van der Waals surface area contributed by atoms with Crippen LogP contribution in [0.2, 0.25) is 5.02 Å².